The van der Waals surface area contributed by atoms with Gasteiger partial charge >= 0.3 is 0 Å². The monoisotopic (exact) mass is 210 g/mol. The Morgan fingerprint density at radius 2 is 2.13 bits per heavy atom. The SMILES string of the molecule is CCNC(=O)CNCc1ccccc1F. The number of benzene rings is 1. The van der Waals surface area contributed by atoms with Crippen LogP contribution in [0.3, 0.4) is 0 Å². The average Bonchev–Trinajstić information content (AvgIpc) is 2.21. The molecule has 0 saturated carbocycles. The van der Waals surface area contributed by atoms with Crippen molar-refractivity contribution in [1.29, 1.82) is 0 Å². The van der Waals surface area contributed by atoms with Crippen molar-refractivity contribution in [1.82, 2.24) is 10.6 Å². The fourth-order valence-electron chi connectivity index (χ4n) is 1.21. The lowest BCUT2D eigenvalue weighted by atomic mass is 10.2. The van der Waals surface area contributed by atoms with E-state index in [1.165, 1.54) is 6.07 Å². The van der Waals surface area contributed by atoms with Gasteiger partial charge in [0.05, 0.1) is 6.54 Å². The summed E-state index contributed by atoms with van der Waals surface area (Å²) in [6.45, 7) is 3.04. The number of likely N-dealkylation sites (N-methyl/N-ethyl adjacent to an activating group) is 1. The normalized spacial score (nSPS) is 10.0. The van der Waals surface area contributed by atoms with Gasteiger partial charge in [-0.3, -0.25) is 4.79 Å². The minimum absolute atomic E-state index is 0.0751. The zero-order valence-electron chi connectivity index (χ0n) is 8.72. The van der Waals surface area contributed by atoms with Gasteiger partial charge in [-0.2, -0.15) is 0 Å². The first kappa shape index (κ1) is 11.7. The third kappa shape index (κ3) is 4.08. The van der Waals surface area contributed by atoms with Gasteiger partial charge in [-0.1, -0.05) is 18.2 Å². The van der Waals surface area contributed by atoms with Crippen LogP contribution >= 0.6 is 0 Å². The van der Waals surface area contributed by atoms with Gasteiger partial charge in [0.15, 0.2) is 0 Å². The van der Waals surface area contributed by atoms with Crippen molar-refractivity contribution < 1.29 is 9.18 Å². The number of hydrogen-bond donors (Lipinski definition) is 2. The second-order valence-corrected chi connectivity index (χ2v) is 3.15. The molecule has 0 fully saturated rings. The fraction of sp³-hybridized carbons (Fsp3) is 0.364. The smallest absolute Gasteiger partial charge is 0.233 e. The molecular formula is C11H15FN2O. The Labute approximate surface area is 88.7 Å². The van der Waals surface area contributed by atoms with Crippen molar-refractivity contribution in [3.8, 4) is 0 Å². The summed E-state index contributed by atoms with van der Waals surface area (Å²) < 4.78 is 13.1. The third-order valence-electron chi connectivity index (χ3n) is 1.93. The summed E-state index contributed by atoms with van der Waals surface area (Å²) in [5.41, 5.74) is 0.571. The Kier molecular flexibility index (Phi) is 4.77. The van der Waals surface area contributed by atoms with Crippen LogP contribution in [-0.4, -0.2) is 19.0 Å². The van der Waals surface area contributed by atoms with Gasteiger partial charge in [0.2, 0.25) is 5.91 Å². The number of hydrogen-bond acceptors (Lipinski definition) is 2. The van der Waals surface area contributed by atoms with E-state index >= 15 is 0 Å². The summed E-state index contributed by atoms with van der Waals surface area (Å²) in [4.78, 5) is 11.1. The molecule has 0 aliphatic heterocycles. The maximum atomic E-state index is 13.1. The molecule has 15 heavy (non-hydrogen) atoms. The molecule has 0 radical (unpaired) electrons. The first-order chi connectivity index (χ1) is 7.24. The van der Waals surface area contributed by atoms with Gasteiger partial charge in [0, 0.05) is 18.7 Å². The molecule has 0 heterocycles. The van der Waals surface area contributed by atoms with Crippen molar-refractivity contribution >= 4 is 5.91 Å². The summed E-state index contributed by atoms with van der Waals surface area (Å²) in [6.07, 6.45) is 0. The lowest BCUT2D eigenvalue weighted by Gasteiger charge is -2.05. The summed E-state index contributed by atoms with van der Waals surface area (Å²) in [7, 11) is 0. The Hall–Kier alpha value is -1.42. The van der Waals surface area contributed by atoms with Crippen LogP contribution in [0.1, 0.15) is 12.5 Å². The molecule has 82 valence electrons. The number of rotatable bonds is 5. The topological polar surface area (TPSA) is 41.1 Å². The highest BCUT2D eigenvalue weighted by atomic mass is 19.1. The van der Waals surface area contributed by atoms with E-state index in [9.17, 15) is 9.18 Å². The van der Waals surface area contributed by atoms with Crippen molar-refractivity contribution in [3.05, 3.63) is 35.6 Å². The molecule has 0 aliphatic rings. The van der Waals surface area contributed by atoms with Crippen LogP contribution in [0.25, 0.3) is 0 Å². The fourth-order valence-corrected chi connectivity index (χ4v) is 1.21. The van der Waals surface area contributed by atoms with E-state index in [1.807, 2.05) is 6.92 Å². The molecular weight excluding hydrogens is 195 g/mol. The van der Waals surface area contributed by atoms with Gasteiger partial charge in [-0.15, -0.1) is 0 Å². The van der Waals surface area contributed by atoms with Gasteiger partial charge in [-0.05, 0) is 13.0 Å². The van der Waals surface area contributed by atoms with Gasteiger partial charge < -0.3 is 10.6 Å². The average molecular weight is 210 g/mol. The Balaban J connectivity index is 2.32. The molecule has 0 saturated heterocycles. The van der Waals surface area contributed by atoms with Crippen LogP contribution in [0.15, 0.2) is 24.3 Å². The lowest BCUT2D eigenvalue weighted by Crippen LogP contribution is -2.33. The maximum Gasteiger partial charge on any atom is 0.233 e. The van der Waals surface area contributed by atoms with E-state index in [1.54, 1.807) is 18.2 Å². The summed E-state index contributed by atoms with van der Waals surface area (Å²) in [6, 6.07) is 6.51. The molecule has 0 unspecified atom stereocenters. The molecule has 0 bridgehead atoms. The van der Waals surface area contributed by atoms with E-state index in [0.717, 1.165) is 0 Å². The number of nitrogens with one attached hydrogen (secondary N) is 2. The van der Waals surface area contributed by atoms with Crippen molar-refractivity contribution in [2.45, 2.75) is 13.5 Å². The van der Waals surface area contributed by atoms with Crippen molar-refractivity contribution in [2.75, 3.05) is 13.1 Å². The second kappa shape index (κ2) is 6.14. The van der Waals surface area contributed by atoms with Gasteiger partial charge in [-0.25, -0.2) is 4.39 Å². The number of carbonyl (C=O) groups excluding carboxylic acids is 1. The Morgan fingerprint density at radius 1 is 1.40 bits per heavy atom. The highest BCUT2D eigenvalue weighted by Crippen LogP contribution is 2.04. The molecule has 1 rings (SSSR count). The van der Waals surface area contributed by atoms with E-state index in [2.05, 4.69) is 10.6 Å². The first-order valence-corrected chi connectivity index (χ1v) is 4.95. The van der Waals surface area contributed by atoms with Crippen LogP contribution in [-0.2, 0) is 11.3 Å². The van der Waals surface area contributed by atoms with E-state index in [4.69, 9.17) is 0 Å². The largest absolute Gasteiger partial charge is 0.355 e. The molecule has 1 aromatic rings. The molecule has 0 spiro atoms. The molecule has 4 heteroatoms. The van der Waals surface area contributed by atoms with Crippen LogP contribution in [0.5, 0.6) is 0 Å². The number of amides is 1. The number of carbonyl (C=O) groups is 1. The molecule has 1 aromatic carbocycles. The Morgan fingerprint density at radius 3 is 2.80 bits per heavy atom. The highest BCUT2D eigenvalue weighted by molar-refractivity contribution is 5.77. The second-order valence-electron chi connectivity index (χ2n) is 3.15. The summed E-state index contributed by atoms with van der Waals surface area (Å²) in [5.74, 6) is -0.324. The summed E-state index contributed by atoms with van der Waals surface area (Å²) >= 11 is 0. The maximum absolute atomic E-state index is 13.1. The standard InChI is InChI=1S/C11H15FN2O/c1-2-14-11(15)8-13-7-9-5-3-4-6-10(9)12/h3-6,13H,2,7-8H2,1H3,(H,14,15). The molecule has 3 nitrogen and oxygen atoms in total. The van der Waals surface area contributed by atoms with Crippen LogP contribution in [0, 0.1) is 5.82 Å². The van der Waals surface area contributed by atoms with Gasteiger partial charge in [0.1, 0.15) is 5.82 Å². The molecule has 0 aromatic heterocycles. The minimum Gasteiger partial charge on any atom is -0.355 e. The minimum atomic E-state index is -0.249. The number of halogens is 1. The summed E-state index contributed by atoms with van der Waals surface area (Å²) in [5, 5.41) is 5.53. The van der Waals surface area contributed by atoms with Crippen molar-refractivity contribution in [2.24, 2.45) is 0 Å². The quantitative estimate of drug-likeness (QED) is 0.762. The van der Waals surface area contributed by atoms with E-state index in [-0.39, 0.29) is 18.3 Å². The zero-order valence-corrected chi connectivity index (χ0v) is 8.72. The van der Waals surface area contributed by atoms with Crippen LogP contribution in [0.2, 0.25) is 0 Å². The van der Waals surface area contributed by atoms with Crippen molar-refractivity contribution in [3.63, 3.8) is 0 Å². The van der Waals surface area contributed by atoms with Crippen LogP contribution in [0.4, 0.5) is 4.39 Å². The lowest BCUT2D eigenvalue weighted by molar-refractivity contribution is -0.120. The highest BCUT2D eigenvalue weighted by Gasteiger charge is 2.01. The van der Waals surface area contributed by atoms with Crippen LogP contribution < -0.4 is 10.6 Å². The molecule has 0 atom stereocenters. The third-order valence-corrected chi connectivity index (χ3v) is 1.93. The molecule has 2 N–H and O–H groups in total. The van der Waals surface area contributed by atoms with E-state index in [0.29, 0.717) is 18.7 Å². The molecule has 0 aliphatic carbocycles. The Bertz CT molecular complexity index is 328. The zero-order chi connectivity index (χ0) is 11.1. The van der Waals surface area contributed by atoms with Gasteiger partial charge in [0.25, 0.3) is 0 Å². The predicted octanol–water partition coefficient (Wildman–Crippen LogP) is 1.05. The predicted molar refractivity (Wildman–Crippen MR) is 56.8 cm³/mol. The first-order valence-electron chi connectivity index (χ1n) is 4.95. The molecule has 1 amide bonds. The van der Waals surface area contributed by atoms with E-state index < -0.39 is 0 Å².